The summed E-state index contributed by atoms with van der Waals surface area (Å²) in [5.74, 6) is -0.502. The highest BCUT2D eigenvalue weighted by molar-refractivity contribution is 5.96. The third-order valence-electron chi connectivity index (χ3n) is 7.24. The van der Waals surface area contributed by atoms with E-state index in [9.17, 15) is 18.4 Å². The maximum Gasteiger partial charge on any atom is 0.250 e. The zero-order valence-corrected chi connectivity index (χ0v) is 22.6. The second-order valence-corrected chi connectivity index (χ2v) is 10.3. The second-order valence-electron chi connectivity index (χ2n) is 10.3. The number of hydrogen-bond acceptors (Lipinski definition) is 6. The first kappa shape index (κ1) is 28.8. The Hall–Kier alpha value is -3.20. The van der Waals surface area contributed by atoms with Crippen LogP contribution in [0.25, 0.3) is 0 Å². The van der Waals surface area contributed by atoms with E-state index in [1.807, 2.05) is 23.1 Å². The van der Waals surface area contributed by atoms with Crippen LogP contribution in [0.5, 0.6) is 17.2 Å². The maximum absolute atomic E-state index is 13.7. The van der Waals surface area contributed by atoms with Crippen molar-refractivity contribution in [3.8, 4) is 17.2 Å². The number of piperidine rings is 1. The predicted molar refractivity (Wildman–Crippen MR) is 144 cm³/mol. The number of hydrogen-bond donors (Lipinski definition) is 1. The lowest BCUT2D eigenvalue weighted by Gasteiger charge is -2.34. The smallest absolute Gasteiger partial charge is 0.250 e. The van der Waals surface area contributed by atoms with E-state index in [0.717, 1.165) is 12.0 Å². The molecule has 0 aliphatic carbocycles. The number of alkyl halides is 2. The minimum atomic E-state index is -2.61. The minimum absolute atomic E-state index is 0.0682. The van der Waals surface area contributed by atoms with Gasteiger partial charge in [-0.1, -0.05) is 12.5 Å². The van der Waals surface area contributed by atoms with E-state index < -0.39 is 5.92 Å². The topological polar surface area (TPSA) is 77.1 Å². The molecule has 2 aromatic rings. The summed E-state index contributed by atoms with van der Waals surface area (Å²) in [4.78, 5) is 27.2. The van der Waals surface area contributed by atoms with Gasteiger partial charge in [0.25, 0.3) is 5.92 Å². The Morgan fingerprint density at radius 3 is 2.38 bits per heavy atom. The number of benzene rings is 2. The highest BCUT2D eigenvalue weighted by Gasteiger charge is 2.34. The van der Waals surface area contributed by atoms with Crippen molar-refractivity contribution in [2.24, 2.45) is 0 Å². The monoisotopic (exact) mass is 544 g/mol. The van der Waals surface area contributed by atoms with Gasteiger partial charge in [-0.05, 0) is 61.2 Å². The molecular formula is C30H38F2N2O5. The number of rotatable bonds is 13. The molecule has 2 heterocycles. The molecule has 0 aromatic heterocycles. The number of Topliss-reactive ketones (excluding diaryl/α,β-unsaturated/α-hetero) is 1. The van der Waals surface area contributed by atoms with Gasteiger partial charge in [0.15, 0.2) is 17.3 Å². The van der Waals surface area contributed by atoms with Crippen LogP contribution in [0.1, 0.15) is 60.9 Å². The van der Waals surface area contributed by atoms with Crippen molar-refractivity contribution in [2.75, 3.05) is 40.0 Å². The molecule has 39 heavy (non-hydrogen) atoms. The Morgan fingerprint density at radius 1 is 0.974 bits per heavy atom. The van der Waals surface area contributed by atoms with Gasteiger partial charge >= 0.3 is 0 Å². The molecule has 0 unspecified atom stereocenters. The van der Waals surface area contributed by atoms with E-state index >= 15 is 0 Å². The van der Waals surface area contributed by atoms with Crippen LogP contribution in [-0.2, 0) is 11.2 Å². The number of carbonyl (C=O) groups excluding carboxylic acids is 2. The van der Waals surface area contributed by atoms with E-state index in [4.69, 9.17) is 14.2 Å². The number of carbonyl (C=O) groups is 2. The van der Waals surface area contributed by atoms with Crippen LogP contribution in [0.15, 0.2) is 42.5 Å². The molecule has 0 radical (unpaired) electrons. The van der Waals surface area contributed by atoms with Gasteiger partial charge in [-0.2, -0.15) is 0 Å². The zero-order valence-electron chi connectivity index (χ0n) is 22.6. The van der Waals surface area contributed by atoms with E-state index in [1.54, 1.807) is 31.4 Å². The van der Waals surface area contributed by atoms with Gasteiger partial charge in [0, 0.05) is 56.9 Å². The van der Waals surface area contributed by atoms with Crippen LogP contribution >= 0.6 is 0 Å². The maximum atomic E-state index is 13.7. The van der Waals surface area contributed by atoms with E-state index in [1.165, 1.54) is 0 Å². The first-order chi connectivity index (χ1) is 18.8. The van der Waals surface area contributed by atoms with Gasteiger partial charge < -0.3 is 24.4 Å². The lowest BCUT2D eigenvalue weighted by atomic mass is 10.0. The van der Waals surface area contributed by atoms with Crippen LogP contribution in [0.2, 0.25) is 0 Å². The lowest BCUT2D eigenvalue weighted by Crippen LogP contribution is -2.48. The van der Waals surface area contributed by atoms with Crippen LogP contribution in [0.3, 0.4) is 0 Å². The number of halogens is 2. The number of fused-ring (bicyclic) bond motifs is 1. The van der Waals surface area contributed by atoms with Crippen molar-refractivity contribution in [1.82, 2.24) is 10.2 Å². The molecule has 9 heteroatoms. The Labute approximate surface area is 228 Å². The van der Waals surface area contributed by atoms with Crippen molar-refractivity contribution in [3.05, 3.63) is 53.6 Å². The first-order valence-corrected chi connectivity index (χ1v) is 13.8. The Bertz CT molecular complexity index is 1100. The number of amides is 1. The summed E-state index contributed by atoms with van der Waals surface area (Å²) in [5, 5.41) is 3.13. The zero-order chi connectivity index (χ0) is 27.7. The average Bonchev–Trinajstić information content (AvgIpc) is 2.94. The summed E-state index contributed by atoms with van der Waals surface area (Å²) in [6.45, 7) is 2.13. The predicted octanol–water partition coefficient (Wildman–Crippen LogP) is 5.06. The number of likely N-dealkylation sites (tertiary alicyclic amines) is 1. The fraction of sp³-hybridized carbons (Fsp3) is 0.533. The number of nitrogens with zero attached hydrogens (tertiary/aromatic N) is 1. The highest BCUT2D eigenvalue weighted by Crippen LogP contribution is 2.31. The molecule has 1 fully saturated rings. The molecule has 1 amide bonds. The fourth-order valence-corrected chi connectivity index (χ4v) is 5.00. The third kappa shape index (κ3) is 8.92. The SMILES string of the molecule is COc1ccc(C(=O)CCCCCC(=O)N[C@@H](Cc2ccc3c(c2)OCCO3)CN2CCC(F)(F)CC2)cc1. The van der Waals surface area contributed by atoms with Crippen molar-refractivity contribution in [2.45, 2.75) is 63.3 Å². The summed E-state index contributed by atoms with van der Waals surface area (Å²) in [6, 6.07) is 12.6. The number of ether oxygens (including phenoxy) is 3. The molecule has 1 N–H and O–H groups in total. The molecule has 2 aliphatic rings. The van der Waals surface area contributed by atoms with E-state index in [2.05, 4.69) is 5.32 Å². The molecular weight excluding hydrogens is 506 g/mol. The van der Waals surface area contributed by atoms with Crippen molar-refractivity contribution in [3.63, 3.8) is 0 Å². The molecule has 0 bridgehead atoms. The molecule has 4 rings (SSSR count). The van der Waals surface area contributed by atoms with Crippen molar-refractivity contribution in [1.29, 1.82) is 0 Å². The number of methoxy groups -OCH3 is 1. The first-order valence-electron chi connectivity index (χ1n) is 13.8. The van der Waals surface area contributed by atoms with Gasteiger partial charge in [0.1, 0.15) is 19.0 Å². The normalized spacial score (nSPS) is 17.3. The molecule has 2 aromatic carbocycles. The average molecular weight is 545 g/mol. The minimum Gasteiger partial charge on any atom is -0.497 e. The number of ketones is 1. The van der Waals surface area contributed by atoms with Crippen LogP contribution in [0, 0.1) is 0 Å². The van der Waals surface area contributed by atoms with Gasteiger partial charge in [0.05, 0.1) is 7.11 Å². The summed E-state index contributed by atoms with van der Waals surface area (Å²) in [7, 11) is 1.59. The van der Waals surface area contributed by atoms with E-state index in [-0.39, 0.29) is 30.6 Å². The van der Waals surface area contributed by atoms with Crippen LogP contribution in [0.4, 0.5) is 8.78 Å². The Kier molecular flexibility index (Phi) is 10.1. The molecule has 1 atom stereocenters. The fourth-order valence-electron chi connectivity index (χ4n) is 5.00. The Balaban J connectivity index is 1.25. The summed E-state index contributed by atoms with van der Waals surface area (Å²) >= 11 is 0. The van der Waals surface area contributed by atoms with Crippen LogP contribution in [-0.4, -0.2) is 68.5 Å². The van der Waals surface area contributed by atoms with Crippen LogP contribution < -0.4 is 19.5 Å². The Morgan fingerprint density at radius 2 is 1.67 bits per heavy atom. The molecule has 2 aliphatic heterocycles. The second kappa shape index (κ2) is 13.7. The van der Waals surface area contributed by atoms with Gasteiger partial charge in [-0.3, -0.25) is 9.59 Å². The quantitative estimate of drug-likeness (QED) is 0.281. The third-order valence-corrected chi connectivity index (χ3v) is 7.24. The molecule has 7 nitrogen and oxygen atoms in total. The van der Waals surface area contributed by atoms with Crippen molar-refractivity contribution < 1.29 is 32.6 Å². The summed E-state index contributed by atoms with van der Waals surface area (Å²) in [6.07, 6.45) is 3.18. The van der Waals surface area contributed by atoms with Gasteiger partial charge in [0.2, 0.25) is 5.91 Å². The molecule has 0 spiro atoms. The summed E-state index contributed by atoms with van der Waals surface area (Å²) in [5.41, 5.74) is 1.65. The lowest BCUT2D eigenvalue weighted by molar-refractivity contribution is -0.122. The van der Waals surface area contributed by atoms with Gasteiger partial charge in [-0.25, -0.2) is 8.78 Å². The highest BCUT2D eigenvalue weighted by atomic mass is 19.3. The molecule has 212 valence electrons. The largest absolute Gasteiger partial charge is 0.497 e. The van der Waals surface area contributed by atoms with E-state index in [0.29, 0.717) is 87.8 Å². The standard InChI is InChI=1S/C30H38F2N2O5/c1-37-25-10-8-23(9-11-25)26(35)5-3-2-4-6-29(36)33-24(21-34-15-13-30(31,32)14-16-34)19-22-7-12-27-28(20-22)39-18-17-38-27/h7-12,20,24H,2-6,13-19,21H2,1H3,(H,33,36)/t24-/m0/s1. The van der Waals surface area contributed by atoms with Gasteiger partial charge in [-0.15, -0.1) is 0 Å². The summed E-state index contributed by atoms with van der Waals surface area (Å²) < 4.78 is 43.8. The number of nitrogens with one attached hydrogen (secondary N) is 1. The van der Waals surface area contributed by atoms with Crippen molar-refractivity contribution >= 4 is 11.7 Å². The molecule has 1 saturated heterocycles. The molecule has 0 saturated carbocycles. The number of unbranched alkanes of at least 4 members (excludes halogenated alkanes) is 2.